The maximum absolute atomic E-state index is 12.9. The molecular weight excluding hydrogens is 384 g/mol. The first kappa shape index (κ1) is 19.1. The molecule has 2 heterocycles. The molecule has 29 heavy (non-hydrogen) atoms. The van der Waals surface area contributed by atoms with Crippen LogP contribution in [-0.2, 0) is 12.1 Å². The molecule has 148 valence electrons. The van der Waals surface area contributed by atoms with Gasteiger partial charge < -0.3 is 9.30 Å². The SMILES string of the molecule is CC(C)(C)n1c(NC(=O)c2cccc(OCc3cscn3)c2)nc2ccccc21. The first-order chi connectivity index (χ1) is 13.9. The maximum atomic E-state index is 12.9. The van der Waals surface area contributed by atoms with Gasteiger partial charge in [0.05, 0.1) is 22.2 Å². The number of para-hydroxylation sites is 2. The highest BCUT2D eigenvalue weighted by Gasteiger charge is 2.23. The Morgan fingerprint density at radius 1 is 1.17 bits per heavy atom. The number of rotatable bonds is 5. The molecule has 2 aromatic heterocycles. The van der Waals surface area contributed by atoms with E-state index < -0.39 is 0 Å². The van der Waals surface area contributed by atoms with Gasteiger partial charge in [-0.1, -0.05) is 18.2 Å². The van der Waals surface area contributed by atoms with Gasteiger partial charge in [0.1, 0.15) is 12.4 Å². The highest BCUT2D eigenvalue weighted by atomic mass is 32.1. The summed E-state index contributed by atoms with van der Waals surface area (Å²) < 4.78 is 7.81. The van der Waals surface area contributed by atoms with Gasteiger partial charge in [-0.25, -0.2) is 9.97 Å². The normalized spacial score (nSPS) is 11.6. The molecule has 6 nitrogen and oxygen atoms in total. The standard InChI is InChI=1S/C22H22N4O2S/c1-22(2,3)26-19-10-5-4-9-18(19)24-21(26)25-20(27)15-7-6-8-17(11-15)28-12-16-13-29-14-23-16/h4-11,13-14H,12H2,1-3H3,(H,24,25,27). The van der Waals surface area contributed by atoms with Crippen LogP contribution < -0.4 is 10.1 Å². The Bertz CT molecular complexity index is 1140. The summed E-state index contributed by atoms with van der Waals surface area (Å²) in [5.74, 6) is 0.914. The van der Waals surface area contributed by atoms with Gasteiger partial charge in [0, 0.05) is 16.5 Å². The molecule has 4 aromatic rings. The first-order valence-corrected chi connectivity index (χ1v) is 10.3. The van der Waals surface area contributed by atoms with Crippen LogP contribution in [-0.4, -0.2) is 20.4 Å². The van der Waals surface area contributed by atoms with Crippen molar-refractivity contribution in [1.29, 1.82) is 0 Å². The molecule has 0 aliphatic carbocycles. The van der Waals surface area contributed by atoms with Crippen molar-refractivity contribution in [2.45, 2.75) is 32.9 Å². The van der Waals surface area contributed by atoms with Crippen molar-refractivity contribution < 1.29 is 9.53 Å². The Labute approximate surface area is 173 Å². The second kappa shape index (κ2) is 7.67. The van der Waals surface area contributed by atoms with Crippen molar-refractivity contribution in [3.05, 3.63) is 70.7 Å². The lowest BCUT2D eigenvalue weighted by molar-refractivity contribution is 0.102. The van der Waals surface area contributed by atoms with E-state index in [0.29, 0.717) is 23.9 Å². The van der Waals surface area contributed by atoms with E-state index in [9.17, 15) is 4.79 Å². The molecule has 0 saturated carbocycles. The highest BCUT2D eigenvalue weighted by molar-refractivity contribution is 7.07. The van der Waals surface area contributed by atoms with Gasteiger partial charge in [0.25, 0.3) is 5.91 Å². The van der Waals surface area contributed by atoms with E-state index in [1.165, 1.54) is 11.3 Å². The quantitative estimate of drug-likeness (QED) is 0.502. The Morgan fingerprint density at radius 2 is 2.00 bits per heavy atom. The Kier molecular flexibility index (Phi) is 5.07. The van der Waals surface area contributed by atoms with Gasteiger partial charge in [-0.05, 0) is 51.1 Å². The molecule has 0 aliphatic rings. The van der Waals surface area contributed by atoms with Gasteiger partial charge in [-0.3, -0.25) is 10.1 Å². The molecule has 0 radical (unpaired) electrons. The van der Waals surface area contributed by atoms with E-state index in [2.05, 4.69) is 36.1 Å². The fourth-order valence-electron chi connectivity index (χ4n) is 3.16. The summed E-state index contributed by atoms with van der Waals surface area (Å²) in [5, 5.41) is 4.90. The minimum absolute atomic E-state index is 0.232. The van der Waals surface area contributed by atoms with Crippen molar-refractivity contribution in [3.8, 4) is 5.75 Å². The van der Waals surface area contributed by atoms with Crippen LogP contribution in [0, 0.1) is 0 Å². The Hall–Kier alpha value is -3.19. The van der Waals surface area contributed by atoms with E-state index >= 15 is 0 Å². The number of anilines is 1. The number of aromatic nitrogens is 3. The van der Waals surface area contributed by atoms with Crippen LogP contribution in [0.2, 0.25) is 0 Å². The van der Waals surface area contributed by atoms with Crippen molar-refractivity contribution in [2.24, 2.45) is 0 Å². The molecule has 0 saturated heterocycles. The zero-order chi connectivity index (χ0) is 20.4. The van der Waals surface area contributed by atoms with Gasteiger partial charge in [0.2, 0.25) is 5.95 Å². The fourth-order valence-corrected chi connectivity index (χ4v) is 3.70. The predicted octanol–water partition coefficient (Wildman–Crippen LogP) is 5.08. The number of benzene rings is 2. The summed E-state index contributed by atoms with van der Waals surface area (Å²) in [4.78, 5) is 21.8. The monoisotopic (exact) mass is 406 g/mol. The Morgan fingerprint density at radius 3 is 2.76 bits per heavy atom. The van der Waals surface area contributed by atoms with Crippen LogP contribution >= 0.6 is 11.3 Å². The zero-order valence-corrected chi connectivity index (χ0v) is 17.4. The summed E-state index contributed by atoms with van der Waals surface area (Å²) in [5.41, 5.74) is 4.73. The average Bonchev–Trinajstić information content (AvgIpc) is 3.33. The molecule has 1 amide bonds. The fraction of sp³-hybridized carbons (Fsp3) is 0.227. The molecule has 7 heteroatoms. The highest BCUT2D eigenvalue weighted by Crippen LogP contribution is 2.28. The third-order valence-electron chi connectivity index (χ3n) is 4.42. The number of hydrogen-bond donors (Lipinski definition) is 1. The summed E-state index contributed by atoms with van der Waals surface area (Å²) in [7, 11) is 0. The van der Waals surface area contributed by atoms with E-state index in [0.717, 1.165) is 16.7 Å². The molecule has 2 aromatic carbocycles. The summed E-state index contributed by atoms with van der Waals surface area (Å²) in [6.07, 6.45) is 0. The topological polar surface area (TPSA) is 69.0 Å². The molecule has 0 aliphatic heterocycles. The van der Waals surface area contributed by atoms with Crippen LogP contribution in [0.4, 0.5) is 5.95 Å². The number of hydrogen-bond acceptors (Lipinski definition) is 5. The van der Waals surface area contributed by atoms with Gasteiger partial charge in [-0.15, -0.1) is 11.3 Å². The smallest absolute Gasteiger partial charge is 0.258 e. The van der Waals surface area contributed by atoms with Crippen molar-refractivity contribution in [1.82, 2.24) is 14.5 Å². The third-order valence-corrected chi connectivity index (χ3v) is 5.06. The minimum Gasteiger partial charge on any atom is -0.487 e. The summed E-state index contributed by atoms with van der Waals surface area (Å²) in [6.45, 7) is 6.63. The molecule has 4 rings (SSSR count). The second-order valence-corrected chi connectivity index (χ2v) is 8.40. The first-order valence-electron chi connectivity index (χ1n) is 9.31. The van der Waals surface area contributed by atoms with Gasteiger partial charge in [0.15, 0.2) is 0 Å². The lowest BCUT2D eigenvalue weighted by Gasteiger charge is -2.24. The summed E-state index contributed by atoms with van der Waals surface area (Å²) >= 11 is 1.52. The van der Waals surface area contributed by atoms with Crippen LogP contribution in [0.15, 0.2) is 59.4 Å². The largest absolute Gasteiger partial charge is 0.487 e. The number of amides is 1. The molecule has 0 atom stereocenters. The number of carbonyl (C=O) groups excluding carboxylic acids is 1. The van der Waals surface area contributed by atoms with E-state index in [1.54, 1.807) is 23.7 Å². The van der Waals surface area contributed by atoms with Crippen molar-refractivity contribution >= 4 is 34.2 Å². The predicted molar refractivity (Wildman–Crippen MR) is 116 cm³/mol. The minimum atomic E-state index is -0.239. The molecule has 0 unspecified atom stereocenters. The number of nitrogens with zero attached hydrogens (tertiary/aromatic N) is 3. The average molecular weight is 407 g/mol. The van der Waals surface area contributed by atoms with Gasteiger partial charge in [-0.2, -0.15) is 0 Å². The van der Waals surface area contributed by atoms with Crippen molar-refractivity contribution in [2.75, 3.05) is 5.32 Å². The number of nitrogens with one attached hydrogen (secondary N) is 1. The number of thiazole rings is 1. The summed E-state index contributed by atoms with van der Waals surface area (Å²) in [6, 6.07) is 15.0. The Balaban J connectivity index is 1.58. The molecule has 0 fully saturated rings. The van der Waals surface area contributed by atoms with Crippen molar-refractivity contribution in [3.63, 3.8) is 0 Å². The zero-order valence-electron chi connectivity index (χ0n) is 16.5. The van der Waals surface area contributed by atoms with E-state index in [1.807, 2.05) is 40.3 Å². The number of fused-ring (bicyclic) bond motifs is 1. The molecule has 1 N–H and O–H groups in total. The van der Waals surface area contributed by atoms with Crippen LogP contribution in [0.3, 0.4) is 0 Å². The molecular formula is C22H22N4O2S. The lowest BCUT2D eigenvalue weighted by atomic mass is 10.1. The molecule has 0 bridgehead atoms. The van der Waals surface area contributed by atoms with Crippen LogP contribution in [0.25, 0.3) is 11.0 Å². The van der Waals surface area contributed by atoms with Crippen LogP contribution in [0.5, 0.6) is 5.75 Å². The van der Waals surface area contributed by atoms with E-state index in [4.69, 9.17) is 4.74 Å². The van der Waals surface area contributed by atoms with Gasteiger partial charge >= 0.3 is 0 Å². The number of imidazole rings is 1. The third kappa shape index (κ3) is 4.14. The second-order valence-electron chi connectivity index (χ2n) is 7.68. The lowest BCUT2D eigenvalue weighted by Crippen LogP contribution is -2.25. The number of carbonyl (C=O) groups is 1. The van der Waals surface area contributed by atoms with Crippen LogP contribution in [0.1, 0.15) is 36.8 Å². The maximum Gasteiger partial charge on any atom is 0.258 e. The molecule has 0 spiro atoms. The van der Waals surface area contributed by atoms with E-state index in [-0.39, 0.29) is 11.4 Å². The number of ether oxygens (including phenoxy) is 1.